The molecule has 5 heteroatoms. The highest BCUT2D eigenvalue weighted by Gasteiger charge is 2.23. The van der Waals surface area contributed by atoms with Crippen molar-refractivity contribution in [3.8, 4) is 5.75 Å². The number of ether oxygens (including phenoxy) is 1. The number of carbonyl (C=O) groups excluding carboxylic acids is 1. The van der Waals surface area contributed by atoms with Gasteiger partial charge >= 0.3 is 0 Å². The second-order valence-corrected chi connectivity index (χ2v) is 5.63. The van der Waals surface area contributed by atoms with E-state index in [1.54, 1.807) is 7.11 Å². The maximum absolute atomic E-state index is 11.2. The standard InChI is InChI=1S/C16H25N3O2/c1-11(20)18-15-8-7-13(9-16(15)21-2)19-14-6-4-3-5-12(14)10-17/h7-9,12,14,19H,3-6,10,17H2,1-2H3,(H,18,20). The molecule has 0 aliphatic heterocycles. The number of rotatable bonds is 5. The summed E-state index contributed by atoms with van der Waals surface area (Å²) in [6, 6.07) is 6.17. The smallest absolute Gasteiger partial charge is 0.221 e. The SMILES string of the molecule is COc1cc(NC2CCCCC2CN)ccc1NC(C)=O. The van der Waals surface area contributed by atoms with E-state index in [1.807, 2.05) is 18.2 Å². The Morgan fingerprint density at radius 2 is 2.14 bits per heavy atom. The molecule has 0 heterocycles. The summed E-state index contributed by atoms with van der Waals surface area (Å²) in [6.45, 7) is 2.21. The predicted octanol–water partition coefficient (Wildman–Crippen LogP) is 2.58. The van der Waals surface area contributed by atoms with Crippen LogP contribution in [-0.4, -0.2) is 25.6 Å². The topological polar surface area (TPSA) is 76.4 Å². The molecule has 0 aromatic heterocycles. The van der Waals surface area contributed by atoms with Gasteiger partial charge in [-0.25, -0.2) is 0 Å². The van der Waals surface area contributed by atoms with Gasteiger partial charge in [0.25, 0.3) is 0 Å². The minimum atomic E-state index is -0.107. The van der Waals surface area contributed by atoms with Gasteiger partial charge < -0.3 is 21.1 Å². The Hall–Kier alpha value is -1.75. The van der Waals surface area contributed by atoms with Crippen LogP contribution in [0, 0.1) is 5.92 Å². The van der Waals surface area contributed by atoms with Crippen LogP contribution in [0.2, 0.25) is 0 Å². The van der Waals surface area contributed by atoms with E-state index in [2.05, 4.69) is 10.6 Å². The Morgan fingerprint density at radius 1 is 1.38 bits per heavy atom. The monoisotopic (exact) mass is 291 g/mol. The Labute approximate surface area is 126 Å². The third-order valence-corrected chi connectivity index (χ3v) is 4.08. The fraction of sp³-hybridized carbons (Fsp3) is 0.562. The van der Waals surface area contributed by atoms with Crippen LogP contribution < -0.4 is 21.1 Å². The van der Waals surface area contributed by atoms with Crippen molar-refractivity contribution >= 4 is 17.3 Å². The second kappa shape index (κ2) is 7.31. The molecule has 1 fully saturated rings. The van der Waals surface area contributed by atoms with Crippen molar-refractivity contribution in [2.24, 2.45) is 11.7 Å². The fourth-order valence-corrected chi connectivity index (χ4v) is 2.97. The quantitative estimate of drug-likeness (QED) is 0.779. The van der Waals surface area contributed by atoms with E-state index in [0.717, 1.165) is 18.7 Å². The average molecular weight is 291 g/mol. The zero-order valence-electron chi connectivity index (χ0n) is 12.8. The van der Waals surface area contributed by atoms with E-state index in [0.29, 0.717) is 23.4 Å². The van der Waals surface area contributed by atoms with Crippen LogP contribution in [0.15, 0.2) is 18.2 Å². The van der Waals surface area contributed by atoms with Crippen LogP contribution in [0.3, 0.4) is 0 Å². The molecule has 21 heavy (non-hydrogen) atoms. The van der Waals surface area contributed by atoms with Gasteiger partial charge in [-0.1, -0.05) is 12.8 Å². The van der Waals surface area contributed by atoms with E-state index >= 15 is 0 Å². The van der Waals surface area contributed by atoms with Gasteiger partial charge in [0.2, 0.25) is 5.91 Å². The molecule has 4 N–H and O–H groups in total. The molecule has 1 aliphatic carbocycles. The van der Waals surface area contributed by atoms with E-state index in [1.165, 1.54) is 26.2 Å². The summed E-state index contributed by atoms with van der Waals surface area (Å²) in [7, 11) is 1.60. The number of carbonyl (C=O) groups is 1. The maximum atomic E-state index is 11.2. The lowest BCUT2D eigenvalue weighted by molar-refractivity contribution is -0.114. The van der Waals surface area contributed by atoms with Crippen LogP contribution in [0.4, 0.5) is 11.4 Å². The van der Waals surface area contributed by atoms with Crippen LogP contribution in [0.5, 0.6) is 5.75 Å². The largest absolute Gasteiger partial charge is 0.494 e. The minimum Gasteiger partial charge on any atom is -0.494 e. The van der Waals surface area contributed by atoms with Crippen LogP contribution in [0.25, 0.3) is 0 Å². The molecule has 1 aliphatic rings. The lowest BCUT2D eigenvalue weighted by atomic mass is 9.84. The van der Waals surface area contributed by atoms with Crippen molar-refractivity contribution in [1.82, 2.24) is 0 Å². The molecule has 1 aromatic rings. The molecular formula is C16H25N3O2. The molecular weight excluding hydrogens is 266 g/mol. The van der Waals surface area contributed by atoms with Crippen molar-refractivity contribution in [2.45, 2.75) is 38.6 Å². The third-order valence-electron chi connectivity index (χ3n) is 4.08. The van der Waals surface area contributed by atoms with Gasteiger partial charge in [-0.15, -0.1) is 0 Å². The summed E-state index contributed by atoms with van der Waals surface area (Å²) in [4.78, 5) is 11.2. The number of methoxy groups -OCH3 is 1. The third kappa shape index (κ3) is 4.11. The highest BCUT2D eigenvalue weighted by atomic mass is 16.5. The lowest BCUT2D eigenvalue weighted by Crippen LogP contribution is -2.36. The van der Waals surface area contributed by atoms with Gasteiger partial charge in [0.1, 0.15) is 5.75 Å². The van der Waals surface area contributed by atoms with Gasteiger partial charge in [-0.3, -0.25) is 4.79 Å². The van der Waals surface area contributed by atoms with Gasteiger partial charge in [0.15, 0.2) is 0 Å². The van der Waals surface area contributed by atoms with E-state index < -0.39 is 0 Å². The highest BCUT2D eigenvalue weighted by molar-refractivity contribution is 5.90. The first-order valence-electron chi connectivity index (χ1n) is 7.56. The van der Waals surface area contributed by atoms with E-state index in [4.69, 9.17) is 10.5 Å². The molecule has 5 nitrogen and oxygen atoms in total. The van der Waals surface area contributed by atoms with Gasteiger partial charge in [-0.2, -0.15) is 0 Å². The van der Waals surface area contributed by atoms with Crippen molar-refractivity contribution in [3.63, 3.8) is 0 Å². The number of benzene rings is 1. The molecule has 116 valence electrons. The number of nitrogens with two attached hydrogens (primary N) is 1. The lowest BCUT2D eigenvalue weighted by Gasteiger charge is -2.32. The molecule has 0 spiro atoms. The normalized spacial score (nSPS) is 21.7. The number of hydrogen-bond donors (Lipinski definition) is 3. The molecule has 2 rings (SSSR count). The molecule has 0 saturated heterocycles. The maximum Gasteiger partial charge on any atom is 0.221 e. The van der Waals surface area contributed by atoms with Gasteiger partial charge in [0, 0.05) is 24.7 Å². The number of hydrogen-bond acceptors (Lipinski definition) is 4. The van der Waals surface area contributed by atoms with E-state index in [9.17, 15) is 4.79 Å². The molecule has 2 atom stereocenters. The average Bonchev–Trinajstić information content (AvgIpc) is 2.49. The zero-order valence-corrected chi connectivity index (χ0v) is 12.8. The minimum absolute atomic E-state index is 0.107. The fourth-order valence-electron chi connectivity index (χ4n) is 2.97. The predicted molar refractivity (Wildman–Crippen MR) is 85.7 cm³/mol. The molecule has 0 radical (unpaired) electrons. The van der Waals surface area contributed by atoms with Crippen molar-refractivity contribution in [1.29, 1.82) is 0 Å². The summed E-state index contributed by atoms with van der Waals surface area (Å²) >= 11 is 0. The number of amides is 1. The number of anilines is 2. The first-order chi connectivity index (χ1) is 10.1. The van der Waals surface area contributed by atoms with Crippen LogP contribution in [-0.2, 0) is 4.79 Å². The molecule has 2 unspecified atom stereocenters. The van der Waals surface area contributed by atoms with Gasteiger partial charge in [-0.05, 0) is 37.4 Å². The molecule has 1 aromatic carbocycles. The Bertz CT molecular complexity index is 490. The summed E-state index contributed by atoms with van der Waals surface area (Å²) in [5.41, 5.74) is 7.57. The second-order valence-electron chi connectivity index (χ2n) is 5.63. The molecule has 1 amide bonds. The van der Waals surface area contributed by atoms with Gasteiger partial charge in [0.05, 0.1) is 12.8 Å². The Balaban J connectivity index is 2.11. The summed E-state index contributed by atoms with van der Waals surface area (Å²) in [6.07, 6.45) is 4.85. The Kier molecular flexibility index (Phi) is 5.44. The molecule has 1 saturated carbocycles. The summed E-state index contributed by atoms with van der Waals surface area (Å²) in [5, 5.41) is 6.33. The van der Waals surface area contributed by atoms with Crippen molar-refractivity contribution in [2.75, 3.05) is 24.3 Å². The van der Waals surface area contributed by atoms with Crippen molar-refractivity contribution in [3.05, 3.63) is 18.2 Å². The Morgan fingerprint density at radius 3 is 2.81 bits per heavy atom. The van der Waals surface area contributed by atoms with Crippen LogP contribution in [0.1, 0.15) is 32.6 Å². The molecule has 0 bridgehead atoms. The van der Waals surface area contributed by atoms with Crippen molar-refractivity contribution < 1.29 is 9.53 Å². The summed E-state index contributed by atoms with van der Waals surface area (Å²) in [5.74, 6) is 1.08. The van der Waals surface area contributed by atoms with E-state index in [-0.39, 0.29) is 5.91 Å². The first kappa shape index (κ1) is 15.6. The first-order valence-corrected chi connectivity index (χ1v) is 7.56. The van der Waals surface area contributed by atoms with Crippen LogP contribution >= 0.6 is 0 Å². The summed E-state index contributed by atoms with van der Waals surface area (Å²) < 4.78 is 5.35. The highest BCUT2D eigenvalue weighted by Crippen LogP contribution is 2.31. The number of nitrogens with one attached hydrogen (secondary N) is 2. The zero-order chi connectivity index (χ0) is 15.2.